The molecule has 2 aromatic rings. The molecule has 0 saturated heterocycles. The summed E-state index contributed by atoms with van der Waals surface area (Å²) < 4.78 is 3.89. The number of amides is 1. The van der Waals surface area contributed by atoms with Crippen molar-refractivity contribution in [3.63, 3.8) is 0 Å². The van der Waals surface area contributed by atoms with Crippen LogP contribution in [0.15, 0.2) is 12.3 Å². The van der Waals surface area contributed by atoms with E-state index in [2.05, 4.69) is 16.6 Å². The van der Waals surface area contributed by atoms with Gasteiger partial charge in [0.05, 0.1) is 5.69 Å². The van der Waals surface area contributed by atoms with Crippen LogP contribution in [0.5, 0.6) is 0 Å². The molecule has 0 radical (unpaired) electrons. The third-order valence-electron chi connectivity index (χ3n) is 4.29. The number of rotatable bonds is 2. The quantitative estimate of drug-likeness (QED) is 0.897. The molecule has 2 aliphatic rings. The summed E-state index contributed by atoms with van der Waals surface area (Å²) >= 11 is 0. The highest BCUT2D eigenvalue weighted by molar-refractivity contribution is 5.95. The summed E-state index contributed by atoms with van der Waals surface area (Å²) in [4.78, 5) is 12.3. The van der Waals surface area contributed by atoms with E-state index in [1.165, 1.54) is 11.3 Å². The first kappa shape index (κ1) is 11.8. The smallest absolute Gasteiger partial charge is 0.268 e. The van der Waals surface area contributed by atoms with Gasteiger partial charge in [-0.1, -0.05) is 0 Å². The molecule has 0 atom stereocenters. The van der Waals surface area contributed by atoms with Gasteiger partial charge in [-0.05, 0) is 37.3 Å². The molecule has 1 N–H and O–H groups in total. The number of nitrogens with one attached hydrogen (secondary N) is 1. The Morgan fingerprint density at radius 1 is 1.35 bits per heavy atom. The fraction of sp³-hybridized carbons (Fsp3) is 0.467. The normalized spacial score (nSPS) is 16.7. The van der Waals surface area contributed by atoms with E-state index in [9.17, 15) is 4.79 Å². The Morgan fingerprint density at radius 3 is 2.90 bits per heavy atom. The van der Waals surface area contributed by atoms with Crippen LogP contribution in [0.3, 0.4) is 0 Å². The number of hydrogen-bond donors (Lipinski definition) is 1. The first-order chi connectivity index (χ1) is 9.63. The number of nitrogens with zero attached hydrogens (tertiary/aromatic N) is 3. The molecule has 4 rings (SSSR count). The third-order valence-corrected chi connectivity index (χ3v) is 4.29. The molecule has 0 spiro atoms. The molecule has 0 aliphatic heterocycles. The van der Waals surface area contributed by atoms with Gasteiger partial charge in [-0.15, -0.1) is 0 Å². The molecule has 1 saturated carbocycles. The van der Waals surface area contributed by atoms with Crippen molar-refractivity contribution in [2.24, 2.45) is 14.1 Å². The van der Waals surface area contributed by atoms with Gasteiger partial charge in [-0.2, -0.15) is 5.10 Å². The number of fused-ring (bicyclic) bond motifs is 3. The monoisotopic (exact) mass is 270 g/mol. The largest absolute Gasteiger partial charge is 0.348 e. The Morgan fingerprint density at radius 2 is 2.15 bits per heavy atom. The standard InChI is InChI=1S/C15H18N4O/c1-18-8-9-3-6-12-11(14(9)17-18)7-13(19(12)2)15(20)16-10-4-5-10/h7-8,10H,3-6H2,1-2H3,(H,16,20). The van der Waals surface area contributed by atoms with Gasteiger partial charge in [0.15, 0.2) is 0 Å². The summed E-state index contributed by atoms with van der Waals surface area (Å²) in [7, 11) is 3.93. The zero-order valence-electron chi connectivity index (χ0n) is 11.8. The molecule has 1 fully saturated rings. The minimum absolute atomic E-state index is 0.0434. The highest BCUT2D eigenvalue weighted by atomic mass is 16.2. The first-order valence-corrected chi connectivity index (χ1v) is 7.16. The molecular weight excluding hydrogens is 252 g/mol. The van der Waals surface area contributed by atoms with Crippen LogP contribution in [-0.4, -0.2) is 26.3 Å². The highest BCUT2D eigenvalue weighted by Crippen LogP contribution is 2.34. The summed E-state index contributed by atoms with van der Waals surface area (Å²) in [5, 5.41) is 7.62. The molecule has 0 bridgehead atoms. The highest BCUT2D eigenvalue weighted by Gasteiger charge is 2.28. The van der Waals surface area contributed by atoms with Gasteiger partial charge in [0.2, 0.25) is 0 Å². The molecule has 104 valence electrons. The van der Waals surface area contributed by atoms with E-state index in [4.69, 9.17) is 0 Å². The number of carbonyl (C=O) groups excluding carboxylic acids is 1. The van der Waals surface area contributed by atoms with Gasteiger partial charge in [0.25, 0.3) is 5.91 Å². The summed E-state index contributed by atoms with van der Waals surface area (Å²) in [5.41, 5.74) is 5.41. The van der Waals surface area contributed by atoms with E-state index in [0.717, 1.165) is 42.6 Å². The van der Waals surface area contributed by atoms with E-state index in [1.54, 1.807) is 0 Å². The van der Waals surface area contributed by atoms with Crippen LogP contribution in [0.2, 0.25) is 0 Å². The van der Waals surface area contributed by atoms with Crippen LogP contribution in [0.25, 0.3) is 11.3 Å². The molecule has 0 aromatic carbocycles. The molecule has 2 aliphatic carbocycles. The Labute approximate surface area is 117 Å². The molecule has 20 heavy (non-hydrogen) atoms. The summed E-state index contributed by atoms with van der Waals surface area (Å²) in [6, 6.07) is 2.39. The number of aryl methyl sites for hydroxylation is 2. The molecule has 0 unspecified atom stereocenters. The number of carbonyl (C=O) groups is 1. The molecule has 5 nitrogen and oxygen atoms in total. The maximum Gasteiger partial charge on any atom is 0.268 e. The maximum absolute atomic E-state index is 12.3. The number of aromatic nitrogens is 3. The lowest BCUT2D eigenvalue weighted by Crippen LogP contribution is -2.27. The molecule has 1 amide bonds. The van der Waals surface area contributed by atoms with Gasteiger partial charge in [-0.25, -0.2) is 0 Å². The van der Waals surface area contributed by atoms with Crippen molar-refractivity contribution in [1.82, 2.24) is 19.7 Å². The lowest BCUT2D eigenvalue weighted by atomic mass is 9.96. The van der Waals surface area contributed by atoms with Crippen molar-refractivity contribution in [3.8, 4) is 11.3 Å². The van der Waals surface area contributed by atoms with Gasteiger partial charge in [-0.3, -0.25) is 9.48 Å². The van der Waals surface area contributed by atoms with Crippen LogP contribution >= 0.6 is 0 Å². The summed E-state index contributed by atoms with van der Waals surface area (Å²) in [6.07, 6.45) is 6.27. The van der Waals surface area contributed by atoms with Crippen molar-refractivity contribution < 1.29 is 4.79 Å². The fourth-order valence-corrected chi connectivity index (χ4v) is 3.06. The molecule has 5 heteroatoms. The number of hydrogen-bond acceptors (Lipinski definition) is 2. The van der Waals surface area contributed by atoms with Gasteiger partial charge >= 0.3 is 0 Å². The van der Waals surface area contributed by atoms with Crippen LogP contribution in [0, 0.1) is 0 Å². The third kappa shape index (κ3) is 1.69. The van der Waals surface area contributed by atoms with Crippen molar-refractivity contribution in [3.05, 3.63) is 29.2 Å². The van der Waals surface area contributed by atoms with E-state index in [0.29, 0.717) is 6.04 Å². The van der Waals surface area contributed by atoms with Crippen LogP contribution < -0.4 is 5.32 Å². The van der Waals surface area contributed by atoms with Crippen molar-refractivity contribution in [2.75, 3.05) is 0 Å². The minimum atomic E-state index is 0.0434. The Bertz CT molecular complexity index is 706. The zero-order chi connectivity index (χ0) is 13.9. The topological polar surface area (TPSA) is 51.9 Å². The lowest BCUT2D eigenvalue weighted by molar-refractivity contribution is 0.0942. The van der Waals surface area contributed by atoms with E-state index < -0.39 is 0 Å². The molecule has 2 heterocycles. The average molecular weight is 270 g/mol. The average Bonchev–Trinajstić information content (AvgIpc) is 3.03. The van der Waals surface area contributed by atoms with E-state index in [1.807, 2.05) is 29.4 Å². The van der Waals surface area contributed by atoms with Crippen molar-refractivity contribution >= 4 is 5.91 Å². The zero-order valence-corrected chi connectivity index (χ0v) is 11.8. The van der Waals surface area contributed by atoms with E-state index >= 15 is 0 Å². The van der Waals surface area contributed by atoms with Crippen LogP contribution in [0.4, 0.5) is 0 Å². The first-order valence-electron chi connectivity index (χ1n) is 7.16. The Hall–Kier alpha value is -2.04. The summed E-state index contributed by atoms with van der Waals surface area (Å²) in [6.45, 7) is 0. The van der Waals surface area contributed by atoms with E-state index in [-0.39, 0.29) is 5.91 Å². The fourth-order valence-electron chi connectivity index (χ4n) is 3.06. The Kier molecular flexibility index (Phi) is 2.34. The van der Waals surface area contributed by atoms with Crippen LogP contribution in [0.1, 0.15) is 34.6 Å². The van der Waals surface area contributed by atoms with Crippen molar-refractivity contribution in [2.45, 2.75) is 31.7 Å². The maximum atomic E-state index is 12.3. The van der Waals surface area contributed by atoms with Gasteiger partial charge < -0.3 is 9.88 Å². The summed E-state index contributed by atoms with van der Waals surface area (Å²) in [5.74, 6) is 0.0434. The second-order valence-corrected chi connectivity index (χ2v) is 5.87. The van der Waals surface area contributed by atoms with Gasteiger partial charge in [0, 0.05) is 37.6 Å². The van der Waals surface area contributed by atoms with Crippen LogP contribution in [-0.2, 0) is 26.9 Å². The SMILES string of the molecule is Cn1cc2c(n1)-c1cc(C(=O)NC3CC3)n(C)c1CC2. The lowest BCUT2D eigenvalue weighted by Gasteiger charge is -2.13. The predicted octanol–water partition coefficient (Wildman–Crippen LogP) is 1.42. The molecular formula is C15H18N4O. The predicted molar refractivity (Wildman–Crippen MR) is 75.5 cm³/mol. The second kappa shape index (κ2) is 3.98. The molecule has 2 aromatic heterocycles. The Balaban J connectivity index is 1.77. The van der Waals surface area contributed by atoms with Gasteiger partial charge in [0.1, 0.15) is 5.69 Å². The minimum Gasteiger partial charge on any atom is -0.348 e. The second-order valence-electron chi connectivity index (χ2n) is 5.87. The van der Waals surface area contributed by atoms with Crippen molar-refractivity contribution in [1.29, 1.82) is 0 Å².